The Morgan fingerprint density at radius 2 is 1.96 bits per heavy atom. The summed E-state index contributed by atoms with van der Waals surface area (Å²) in [5.41, 5.74) is 0.628. The van der Waals surface area contributed by atoms with Crippen LogP contribution < -0.4 is 10.2 Å². The zero-order valence-electron chi connectivity index (χ0n) is 14.4. The Labute approximate surface area is 160 Å². The fourth-order valence-electron chi connectivity index (χ4n) is 2.87. The van der Waals surface area contributed by atoms with Gasteiger partial charge in [0.05, 0.1) is 17.1 Å². The summed E-state index contributed by atoms with van der Waals surface area (Å²) in [5, 5.41) is 3.17. The second-order valence-corrected chi connectivity index (χ2v) is 7.85. The maximum Gasteiger partial charge on any atom is 0.250 e. The first-order chi connectivity index (χ1) is 12.3. The maximum absolute atomic E-state index is 13.9. The Kier molecular flexibility index (Phi) is 5.25. The Balaban J connectivity index is 1.77. The van der Waals surface area contributed by atoms with Gasteiger partial charge in [-0.05, 0) is 38.1 Å². The van der Waals surface area contributed by atoms with Gasteiger partial charge in [0.25, 0.3) is 0 Å². The Morgan fingerprint density at radius 1 is 1.23 bits per heavy atom. The van der Waals surface area contributed by atoms with Gasteiger partial charge < -0.3 is 5.32 Å². The van der Waals surface area contributed by atoms with Crippen molar-refractivity contribution < 1.29 is 14.0 Å². The van der Waals surface area contributed by atoms with Crippen LogP contribution in [0.5, 0.6) is 0 Å². The Morgan fingerprint density at radius 3 is 2.69 bits per heavy atom. The van der Waals surface area contributed by atoms with E-state index >= 15 is 0 Å². The molecule has 1 aliphatic heterocycles. The molecule has 0 fully saturated rings. The molecule has 0 radical (unpaired) electrons. The number of para-hydroxylation sites is 2. The lowest BCUT2D eigenvalue weighted by Crippen LogP contribution is -2.58. The van der Waals surface area contributed by atoms with Crippen LogP contribution in [-0.4, -0.2) is 23.1 Å². The highest BCUT2D eigenvalue weighted by Crippen LogP contribution is 2.37. The van der Waals surface area contributed by atoms with Gasteiger partial charge in [-0.1, -0.05) is 29.8 Å². The number of nitrogens with zero attached hydrogens (tertiary/aromatic N) is 1. The third-order valence-corrected chi connectivity index (χ3v) is 5.59. The minimum atomic E-state index is -1.01. The Bertz CT molecular complexity index is 852. The highest BCUT2D eigenvalue weighted by molar-refractivity contribution is 7.99. The minimum Gasteiger partial charge on any atom is -0.322 e. The van der Waals surface area contributed by atoms with Gasteiger partial charge in [0.15, 0.2) is 0 Å². The highest BCUT2D eigenvalue weighted by Gasteiger charge is 2.43. The quantitative estimate of drug-likeness (QED) is 0.834. The average Bonchev–Trinajstić information content (AvgIpc) is 2.58. The molecule has 1 heterocycles. The van der Waals surface area contributed by atoms with Crippen molar-refractivity contribution in [2.75, 3.05) is 16.0 Å². The average molecular weight is 393 g/mol. The van der Waals surface area contributed by atoms with E-state index in [1.165, 1.54) is 22.7 Å². The predicted octanol–water partition coefficient (Wildman–Crippen LogP) is 4.48. The van der Waals surface area contributed by atoms with E-state index in [0.29, 0.717) is 22.0 Å². The van der Waals surface area contributed by atoms with Crippen LogP contribution in [0.1, 0.15) is 19.4 Å². The minimum absolute atomic E-state index is 0.107. The van der Waals surface area contributed by atoms with Crippen LogP contribution in [0.15, 0.2) is 42.5 Å². The van der Waals surface area contributed by atoms with Gasteiger partial charge in [-0.3, -0.25) is 14.5 Å². The molecule has 0 aliphatic carbocycles. The molecule has 0 unspecified atom stereocenters. The van der Waals surface area contributed by atoms with E-state index in [1.54, 1.807) is 44.2 Å². The first-order valence-electron chi connectivity index (χ1n) is 8.06. The number of rotatable bonds is 4. The first-order valence-corrected chi connectivity index (χ1v) is 9.60. The summed E-state index contributed by atoms with van der Waals surface area (Å²) >= 11 is 7.29. The summed E-state index contributed by atoms with van der Waals surface area (Å²) in [7, 11) is 0. The SMILES string of the molecule is CC1(C)C(=O)Nc2ccccc2N1C(=O)CSCc1c(F)cccc1Cl. The Hall–Kier alpha value is -2.05. The lowest BCUT2D eigenvalue weighted by Gasteiger charge is -2.42. The number of hydrogen-bond donors (Lipinski definition) is 1. The van der Waals surface area contributed by atoms with Crippen molar-refractivity contribution in [1.29, 1.82) is 0 Å². The standard InChI is InChI=1S/C19H18ClFN2O2S/c1-19(2)18(25)22-15-8-3-4-9-16(15)23(19)17(24)11-26-10-12-13(20)6-5-7-14(12)21/h3-9H,10-11H2,1-2H3,(H,22,25). The van der Waals surface area contributed by atoms with E-state index in [1.807, 2.05) is 6.07 Å². The molecule has 0 bridgehead atoms. The third kappa shape index (κ3) is 3.44. The van der Waals surface area contributed by atoms with Crippen LogP contribution in [0.4, 0.5) is 15.8 Å². The molecule has 2 aromatic rings. The van der Waals surface area contributed by atoms with Crippen LogP contribution in [0.25, 0.3) is 0 Å². The molecule has 0 spiro atoms. The normalized spacial score (nSPS) is 15.4. The van der Waals surface area contributed by atoms with Crippen LogP contribution in [0, 0.1) is 5.82 Å². The number of carbonyl (C=O) groups is 2. The van der Waals surface area contributed by atoms with Crippen molar-refractivity contribution in [2.45, 2.75) is 25.1 Å². The predicted molar refractivity (Wildman–Crippen MR) is 104 cm³/mol. The molecule has 136 valence electrons. The van der Waals surface area contributed by atoms with E-state index in [-0.39, 0.29) is 29.1 Å². The summed E-state index contributed by atoms with van der Waals surface area (Å²) in [6, 6.07) is 11.7. The summed E-state index contributed by atoms with van der Waals surface area (Å²) in [5.74, 6) is -0.461. The van der Waals surface area contributed by atoms with Gasteiger partial charge in [-0.25, -0.2) is 4.39 Å². The molecular weight excluding hydrogens is 375 g/mol. The second kappa shape index (κ2) is 7.29. The molecule has 0 saturated carbocycles. The number of anilines is 2. The summed E-state index contributed by atoms with van der Waals surface area (Å²) in [6.45, 7) is 3.41. The number of benzene rings is 2. The molecular formula is C19H18ClFN2O2S. The van der Waals surface area contributed by atoms with Crippen molar-refractivity contribution in [3.05, 3.63) is 58.9 Å². The summed E-state index contributed by atoms with van der Waals surface area (Å²) < 4.78 is 13.9. The lowest BCUT2D eigenvalue weighted by atomic mass is 9.96. The molecule has 1 N–H and O–H groups in total. The third-order valence-electron chi connectivity index (χ3n) is 4.29. The van der Waals surface area contributed by atoms with Gasteiger partial charge in [-0.15, -0.1) is 11.8 Å². The largest absolute Gasteiger partial charge is 0.322 e. The summed E-state index contributed by atoms with van der Waals surface area (Å²) in [4.78, 5) is 26.8. The van der Waals surface area contributed by atoms with E-state index in [4.69, 9.17) is 11.6 Å². The number of thioether (sulfide) groups is 1. The van der Waals surface area contributed by atoms with Crippen LogP contribution in [0.2, 0.25) is 5.02 Å². The van der Waals surface area contributed by atoms with Crippen LogP contribution in [0.3, 0.4) is 0 Å². The molecule has 1 aliphatic rings. The number of halogens is 2. The number of carbonyl (C=O) groups excluding carboxylic acids is 2. The lowest BCUT2D eigenvalue weighted by molar-refractivity contribution is -0.125. The van der Waals surface area contributed by atoms with Gasteiger partial charge in [0, 0.05) is 16.3 Å². The van der Waals surface area contributed by atoms with Gasteiger partial charge in [-0.2, -0.15) is 0 Å². The fraction of sp³-hybridized carbons (Fsp3) is 0.263. The fourth-order valence-corrected chi connectivity index (χ4v) is 4.09. The van der Waals surface area contributed by atoms with Crippen LogP contribution in [-0.2, 0) is 15.3 Å². The highest BCUT2D eigenvalue weighted by atomic mass is 35.5. The van der Waals surface area contributed by atoms with Crippen molar-refractivity contribution in [1.82, 2.24) is 0 Å². The number of hydrogen-bond acceptors (Lipinski definition) is 3. The second-order valence-electron chi connectivity index (χ2n) is 6.45. The first kappa shape index (κ1) is 18.7. The molecule has 2 amide bonds. The number of fused-ring (bicyclic) bond motifs is 1. The van der Waals surface area contributed by atoms with E-state index in [0.717, 1.165) is 0 Å². The van der Waals surface area contributed by atoms with Gasteiger partial charge in [0.2, 0.25) is 11.8 Å². The monoisotopic (exact) mass is 392 g/mol. The topological polar surface area (TPSA) is 49.4 Å². The maximum atomic E-state index is 13.9. The van der Waals surface area contributed by atoms with E-state index < -0.39 is 5.54 Å². The molecule has 4 nitrogen and oxygen atoms in total. The zero-order valence-corrected chi connectivity index (χ0v) is 16.0. The van der Waals surface area contributed by atoms with Crippen LogP contribution >= 0.6 is 23.4 Å². The van der Waals surface area contributed by atoms with Gasteiger partial charge in [0.1, 0.15) is 11.4 Å². The molecule has 0 aromatic heterocycles. The van der Waals surface area contributed by atoms with Crippen molar-refractivity contribution >= 4 is 46.6 Å². The molecule has 7 heteroatoms. The van der Waals surface area contributed by atoms with E-state index in [9.17, 15) is 14.0 Å². The van der Waals surface area contributed by atoms with Crippen molar-refractivity contribution in [3.8, 4) is 0 Å². The molecule has 2 aromatic carbocycles. The summed E-state index contributed by atoms with van der Waals surface area (Å²) in [6.07, 6.45) is 0. The smallest absolute Gasteiger partial charge is 0.250 e. The number of amides is 2. The van der Waals surface area contributed by atoms with Crippen molar-refractivity contribution in [3.63, 3.8) is 0 Å². The number of nitrogens with one attached hydrogen (secondary N) is 1. The molecule has 26 heavy (non-hydrogen) atoms. The van der Waals surface area contributed by atoms with Crippen molar-refractivity contribution in [2.24, 2.45) is 0 Å². The van der Waals surface area contributed by atoms with E-state index in [2.05, 4.69) is 5.32 Å². The molecule has 3 rings (SSSR count). The van der Waals surface area contributed by atoms with Gasteiger partial charge >= 0.3 is 0 Å². The molecule has 0 atom stereocenters. The zero-order chi connectivity index (χ0) is 18.9. The molecule has 0 saturated heterocycles.